The van der Waals surface area contributed by atoms with E-state index in [1.54, 1.807) is 19.1 Å². The molecule has 164 valence electrons. The van der Waals surface area contributed by atoms with Gasteiger partial charge in [-0.05, 0) is 31.0 Å². The molecule has 31 heavy (non-hydrogen) atoms. The molecular weight excluding hydrogens is 422 g/mol. The van der Waals surface area contributed by atoms with Crippen molar-refractivity contribution < 1.29 is 22.4 Å². The number of rotatable bonds is 6. The number of aromatic nitrogens is 2. The summed E-state index contributed by atoms with van der Waals surface area (Å²) in [6.45, 7) is 4.62. The van der Waals surface area contributed by atoms with Gasteiger partial charge in [-0.2, -0.15) is 0 Å². The average Bonchev–Trinajstić information content (AvgIpc) is 3.10. The van der Waals surface area contributed by atoms with Gasteiger partial charge in [0.2, 0.25) is 15.7 Å². The number of carbonyl (C=O) groups excluding carboxylic acids is 1. The van der Waals surface area contributed by atoms with Gasteiger partial charge in [0.1, 0.15) is 17.9 Å². The van der Waals surface area contributed by atoms with E-state index in [4.69, 9.17) is 14.3 Å². The van der Waals surface area contributed by atoms with Crippen LogP contribution in [-0.2, 0) is 21.2 Å². The number of anilines is 1. The van der Waals surface area contributed by atoms with Gasteiger partial charge in [-0.25, -0.2) is 23.5 Å². The van der Waals surface area contributed by atoms with Crippen LogP contribution in [0.25, 0.3) is 11.1 Å². The lowest BCUT2D eigenvalue weighted by Gasteiger charge is -2.28. The number of nitrogens with one attached hydrogen (secondary N) is 1. The highest BCUT2D eigenvalue weighted by Gasteiger charge is 2.25. The van der Waals surface area contributed by atoms with E-state index in [0.717, 1.165) is 5.56 Å². The molecule has 1 aromatic carbocycles. The number of fused-ring (bicyclic) bond motifs is 1. The monoisotopic (exact) mass is 445 g/mol. The molecule has 0 saturated carbocycles. The van der Waals surface area contributed by atoms with Crippen molar-refractivity contribution in [1.82, 2.24) is 15.3 Å². The Hall–Kier alpha value is -3.02. The Morgan fingerprint density at radius 2 is 1.90 bits per heavy atom. The van der Waals surface area contributed by atoms with Gasteiger partial charge in [0.15, 0.2) is 0 Å². The largest absolute Gasteiger partial charge is 0.442 e. The van der Waals surface area contributed by atoms with Crippen LogP contribution in [-0.4, -0.2) is 57.1 Å². The van der Waals surface area contributed by atoms with Crippen LogP contribution < -0.4 is 15.4 Å². The summed E-state index contributed by atoms with van der Waals surface area (Å²) in [5.41, 5.74) is 1.67. The molecular formula is C20H23N5O5S. The normalized spacial score (nSPS) is 14.7. The zero-order valence-corrected chi connectivity index (χ0v) is 17.8. The van der Waals surface area contributed by atoms with Crippen molar-refractivity contribution in [2.75, 3.05) is 37.7 Å². The lowest BCUT2D eigenvalue weighted by Crippen LogP contribution is -2.37. The fourth-order valence-corrected chi connectivity index (χ4v) is 4.09. The first kappa shape index (κ1) is 21.2. The number of benzene rings is 1. The number of aryl methyl sites for hydroxylation is 1. The molecule has 3 N–H and O–H groups in total. The highest BCUT2D eigenvalue weighted by molar-refractivity contribution is 7.89. The highest BCUT2D eigenvalue weighted by atomic mass is 32.2. The van der Waals surface area contributed by atoms with Crippen LogP contribution >= 0.6 is 0 Å². The predicted molar refractivity (Wildman–Crippen MR) is 113 cm³/mol. The minimum absolute atomic E-state index is 0.0522. The van der Waals surface area contributed by atoms with Crippen molar-refractivity contribution in [2.45, 2.75) is 18.2 Å². The number of furan rings is 1. The third-order valence-electron chi connectivity index (χ3n) is 5.13. The smallest absolute Gasteiger partial charge is 0.255 e. The number of amides is 1. The Bertz CT molecular complexity index is 1200. The number of hydrogen-bond acceptors (Lipinski definition) is 8. The number of morpholine rings is 1. The molecule has 0 atom stereocenters. The number of carbonyl (C=O) groups is 1. The van der Waals surface area contributed by atoms with Gasteiger partial charge < -0.3 is 19.4 Å². The molecule has 1 saturated heterocycles. The summed E-state index contributed by atoms with van der Waals surface area (Å²) in [6.07, 6.45) is 1.96. The van der Waals surface area contributed by atoms with Gasteiger partial charge >= 0.3 is 0 Å². The number of ether oxygens (including phenoxy) is 1. The van der Waals surface area contributed by atoms with E-state index in [1.165, 1.54) is 18.5 Å². The van der Waals surface area contributed by atoms with Crippen LogP contribution in [0.4, 0.5) is 5.82 Å². The van der Waals surface area contributed by atoms with Gasteiger partial charge in [0, 0.05) is 19.6 Å². The van der Waals surface area contributed by atoms with Gasteiger partial charge in [-0.1, -0.05) is 12.1 Å². The van der Waals surface area contributed by atoms with Crippen molar-refractivity contribution >= 4 is 32.8 Å². The lowest BCUT2D eigenvalue weighted by molar-refractivity contribution is 0.0954. The van der Waals surface area contributed by atoms with Crippen molar-refractivity contribution in [1.29, 1.82) is 0 Å². The van der Waals surface area contributed by atoms with Crippen LogP contribution in [0.5, 0.6) is 0 Å². The molecule has 0 spiro atoms. The summed E-state index contributed by atoms with van der Waals surface area (Å²) in [5.74, 6) is 0.857. The van der Waals surface area contributed by atoms with Crippen LogP contribution in [0.1, 0.15) is 21.7 Å². The zero-order chi connectivity index (χ0) is 22.0. The number of nitrogens with zero attached hydrogens (tertiary/aromatic N) is 3. The maximum Gasteiger partial charge on any atom is 0.255 e. The summed E-state index contributed by atoms with van der Waals surface area (Å²) < 4.78 is 33.8. The first-order valence-electron chi connectivity index (χ1n) is 9.81. The van der Waals surface area contributed by atoms with Gasteiger partial charge in [-0.3, -0.25) is 4.79 Å². The molecule has 1 aliphatic heterocycles. The maximum atomic E-state index is 13.0. The van der Waals surface area contributed by atoms with Gasteiger partial charge in [0.25, 0.3) is 5.91 Å². The Morgan fingerprint density at radius 3 is 2.58 bits per heavy atom. The van der Waals surface area contributed by atoms with E-state index in [0.29, 0.717) is 67.5 Å². The summed E-state index contributed by atoms with van der Waals surface area (Å²) in [6, 6.07) is 6.25. The fourth-order valence-electron chi connectivity index (χ4n) is 3.57. The summed E-state index contributed by atoms with van der Waals surface area (Å²) in [4.78, 5) is 23.7. The maximum absolute atomic E-state index is 13.0. The average molecular weight is 446 g/mol. The van der Waals surface area contributed by atoms with Gasteiger partial charge in [-0.15, -0.1) is 0 Å². The van der Waals surface area contributed by atoms with Crippen molar-refractivity contribution in [3.8, 4) is 0 Å². The molecule has 0 radical (unpaired) electrons. The number of sulfonamides is 1. The second-order valence-electron chi connectivity index (χ2n) is 7.20. The van der Waals surface area contributed by atoms with Crippen LogP contribution in [0.3, 0.4) is 0 Å². The molecule has 0 unspecified atom stereocenters. The number of nitrogens with two attached hydrogens (primary N) is 1. The molecule has 11 heteroatoms. The summed E-state index contributed by atoms with van der Waals surface area (Å²) >= 11 is 0. The quantitative estimate of drug-likeness (QED) is 0.572. The van der Waals surface area contributed by atoms with E-state index in [1.807, 2.05) is 0 Å². The van der Waals surface area contributed by atoms with Crippen LogP contribution in [0, 0.1) is 6.92 Å². The lowest BCUT2D eigenvalue weighted by atomic mass is 10.1. The highest BCUT2D eigenvalue weighted by Crippen LogP contribution is 2.31. The standard InChI is InChI=1S/C20H23N5O5S/c1-13-16(17-18(23-12-24-20(17)30-13)25-8-10-29-11-9-25)19(26)22-7-6-14-2-4-15(5-3-14)31(21,27)28/h2-5,12H,6-11H2,1H3,(H,22,26)(H2,21,27,28). The first-order valence-corrected chi connectivity index (χ1v) is 11.4. The van der Waals surface area contributed by atoms with E-state index in [9.17, 15) is 13.2 Å². The molecule has 10 nitrogen and oxygen atoms in total. The van der Waals surface area contributed by atoms with Crippen molar-refractivity contribution in [2.24, 2.45) is 5.14 Å². The van der Waals surface area contributed by atoms with E-state index in [-0.39, 0.29) is 10.8 Å². The Morgan fingerprint density at radius 1 is 1.19 bits per heavy atom. The topological polar surface area (TPSA) is 141 Å². The SMILES string of the molecule is Cc1oc2ncnc(N3CCOCC3)c2c1C(=O)NCCc1ccc(S(N)(=O)=O)cc1. The Kier molecular flexibility index (Phi) is 5.90. The van der Waals surface area contributed by atoms with Crippen molar-refractivity contribution in [3.63, 3.8) is 0 Å². The van der Waals surface area contributed by atoms with Crippen LogP contribution in [0.15, 0.2) is 39.9 Å². The van der Waals surface area contributed by atoms with Gasteiger partial charge in [0.05, 0.1) is 29.1 Å². The summed E-state index contributed by atoms with van der Waals surface area (Å²) in [5, 5.41) is 8.61. The first-order chi connectivity index (χ1) is 14.8. The second-order valence-corrected chi connectivity index (χ2v) is 8.77. The molecule has 0 bridgehead atoms. The fraction of sp³-hybridized carbons (Fsp3) is 0.350. The Labute approximate surface area is 179 Å². The molecule has 4 rings (SSSR count). The third kappa shape index (κ3) is 4.53. The molecule has 1 amide bonds. The molecule has 3 heterocycles. The van der Waals surface area contributed by atoms with E-state index < -0.39 is 10.0 Å². The molecule has 3 aromatic rings. The predicted octanol–water partition coefficient (Wildman–Crippen LogP) is 0.988. The molecule has 1 fully saturated rings. The summed E-state index contributed by atoms with van der Waals surface area (Å²) in [7, 11) is -3.73. The zero-order valence-electron chi connectivity index (χ0n) is 17.0. The Balaban J connectivity index is 1.50. The molecule has 1 aliphatic rings. The van der Waals surface area contributed by atoms with Crippen LogP contribution in [0.2, 0.25) is 0 Å². The minimum atomic E-state index is -3.73. The molecule has 0 aliphatic carbocycles. The molecule has 2 aromatic heterocycles. The number of hydrogen-bond donors (Lipinski definition) is 2. The van der Waals surface area contributed by atoms with E-state index >= 15 is 0 Å². The van der Waals surface area contributed by atoms with E-state index in [2.05, 4.69) is 20.2 Å². The minimum Gasteiger partial charge on any atom is -0.442 e. The van der Waals surface area contributed by atoms with Crippen molar-refractivity contribution in [3.05, 3.63) is 47.5 Å². The number of primary sulfonamides is 1. The third-order valence-corrected chi connectivity index (χ3v) is 6.06. The second kappa shape index (κ2) is 8.61.